The quantitative estimate of drug-likeness (QED) is 0.461. The van der Waals surface area contributed by atoms with Crippen molar-refractivity contribution in [2.24, 2.45) is 17.3 Å². The highest BCUT2D eigenvalue weighted by Crippen LogP contribution is 2.45. The number of carbonyl (C=O) groups is 2. The molecule has 19 heavy (non-hydrogen) atoms. The van der Waals surface area contributed by atoms with Crippen LogP contribution < -0.4 is 5.32 Å². The molecule has 0 spiro atoms. The number of hydrogen-bond acceptors (Lipinski definition) is 4. The Morgan fingerprint density at radius 3 is 2.16 bits per heavy atom. The molecular weight excluding hydrogens is 262 g/mol. The molecule has 1 aliphatic heterocycles. The fraction of sp³-hybridized carbons (Fsp3) is 0.846. The van der Waals surface area contributed by atoms with E-state index in [0.717, 1.165) is 0 Å². The highest BCUT2D eigenvalue weighted by Gasteiger charge is 2.55. The Labute approximate surface area is 118 Å². The summed E-state index contributed by atoms with van der Waals surface area (Å²) in [6.45, 7) is 11.6. The van der Waals surface area contributed by atoms with E-state index in [1.807, 2.05) is 13.8 Å². The van der Waals surface area contributed by atoms with Crippen molar-refractivity contribution in [3.8, 4) is 0 Å². The Morgan fingerprint density at radius 2 is 1.84 bits per heavy atom. The molecule has 1 fully saturated rings. The maximum atomic E-state index is 11.9. The summed E-state index contributed by atoms with van der Waals surface area (Å²) in [5, 5.41) is 2.65. The summed E-state index contributed by atoms with van der Waals surface area (Å²) in [6, 6.07) is 0. The van der Waals surface area contributed by atoms with Gasteiger partial charge in [-0.25, -0.2) is 0 Å². The lowest BCUT2D eigenvalue weighted by molar-refractivity contribution is -0.183. The van der Waals surface area contributed by atoms with E-state index in [9.17, 15) is 9.59 Å². The van der Waals surface area contributed by atoms with Crippen molar-refractivity contribution in [2.75, 3.05) is 0 Å². The van der Waals surface area contributed by atoms with Crippen LogP contribution in [0.3, 0.4) is 0 Å². The van der Waals surface area contributed by atoms with Crippen LogP contribution in [0, 0.1) is 17.3 Å². The molecule has 5 nitrogen and oxygen atoms in total. The standard InChI is InChI=1S/C13H25NO4Si/c1-7(15)17-11-8(10(16)14-11)9(12(2,3)4)13(5,6)18-19/h8-9,11H,1-6,19H3,(H,14,16)/t8-,9?,11+/m0/s1. The molecule has 6 heteroatoms. The predicted molar refractivity (Wildman–Crippen MR) is 75.2 cm³/mol. The van der Waals surface area contributed by atoms with Crippen molar-refractivity contribution in [2.45, 2.75) is 53.4 Å². The fourth-order valence-corrected chi connectivity index (χ4v) is 3.37. The normalized spacial score (nSPS) is 25.5. The number of β-lactam (4-membered cyclic amide) rings is 1. The zero-order valence-electron chi connectivity index (χ0n) is 12.9. The lowest BCUT2D eigenvalue weighted by Gasteiger charge is -2.51. The van der Waals surface area contributed by atoms with Crippen molar-refractivity contribution in [3.05, 3.63) is 0 Å². The molecule has 3 atom stereocenters. The molecule has 1 unspecified atom stereocenters. The summed E-state index contributed by atoms with van der Waals surface area (Å²) in [4.78, 5) is 23.0. The van der Waals surface area contributed by atoms with Crippen LogP contribution in [0.25, 0.3) is 0 Å². The van der Waals surface area contributed by atoms with E-state index in [0.29, 0.717) is 10.5 Å². The molecule has 0 radical (unpaired) electrons. The minimum atomic E-state index is -0.537. The van der Waals surface area contributed by atoms with Crippen LogP contribution in [0.2, 0.25) is 0 Å². The Kier molecular flexibility index (Phi) is 4.46. The van der Waals surface area contributed by atoms with Crippen LogP contribution in [0.5, 0.6) is 0 Å². The molecule has 0 saturated carbocycles. The second-order valence-corrected chi connectivity index (χ2v) is 7.12. The first-order valence-electron chi connectivity index (χ1n) is 6.53. The van der Waals surface area contributed by atoms with E-state index in [1.54, 1.807) is 0 Å². The third kappa shape index (κ3) is 3.36. The van der Waals surface area contributed by atoms with Crippen molar-refractivity contribution in [1.29, 1.82) is 0 Å². The van der Waals surface area contributed by atoms with E-state index in [-0.39, 0.29) is 29.1 Å². The smallest absolute Gasteiger partial charge is 0.304 e. The molecule has 0 aromatic carbocycles. The number of esters is 1. The zero-order valence-corrected chi connectivity index (χ0v) is 14.9. The third-order valence-corrected chi connectivity index (χ3v) is 4.83. The summed E-state index contributed by atoms with van der Waals surface area (Å²) in [7, 11) is 0.597. The Hall–Kier alpha value is -0.883. The Morgan fingerprint density at radius 1 is 1.32 bits per heavy atom. The number of nitrogens with one attached hydrogen (secondary N) is 1. The summed E-state index contributed by atoms with van der Waals surface area (Å²) in [6.07, 6.45) is -0.537. The van der Waals surface area contributed by atoms with Crippen molar-refractivity contribution < 1.29 is 18.8 Å². The maximum Gasteiger partial charge on any atom is 0.304 e. The molecule has 0 aromatic rings. The molecule has 0 bridgehead atoms. The van der Waals surface area contributed by atoms with Crippen LogP contribution in [-0.2, 0) is 18.8 Å². The monoisotopic (exact) mass is 287 g/mol. The van der Waals surface area contributed by atoms with Crippen molar-refractivity contribution in [1.82, 2.24) is 5.32 Å². The van der Waals surface area contributed by atoms with Gasteiger partial charge in [0.05, 0.1) is 5.60 Å². The lowest BCUT2D eigenvalue weighted by atomic mass is 9.63. The minimum absolute atomic E-state index is 0.0319. The van der Waals surface area contributed by atoms with Gasteiger partial charge in [0.15, 0.2) is 6.23 Å². The second kappa shape index (κ2) is 5.24. The van der Waals surface area contributed by atoms with E-state index in [1.165, 1.54) is 6.92 Å². The van der Waals surface area contributed by atoms with Crippen LogP contribution in [0.1, 0.15) is 41.5 Å². The molecule has 1 heterocycles. The number of rotatable bonds is 4. The van der Waals surface area contributed by atoms with Gasteiger partial charge in [-0.2, -0.15) is 0 Å². The van der Waals surface area contributed by atoms with Gasteiger partial charge >= 0.3 is 5.97 Å². The summed E-state index contributed by atoms with van der Waals surface area (Å²) >= 11 is 0. The highest BCUT2D eigenvalue weighted by atomic mass is 28.2. The minimum Gasteiger partial charge on any atom is -0.441 e. The van der Waals surface area contributed by atoms with Gasteiger partial charge in [-0.1, -0.05) is 20.8 Å². The first kappa shape index (κ1) is 16.2. The summed E-state index contributed by atoms with van der Waals surface area (Å²) in [5.41, 5.74) is -0.556. The number of hydrogen-bond donors (Lipinski definition) is 1. The largest absolute Gasteiger partial charge is 0.441 e. The molecular formula is C13H25NO4Si. The van der Waals surface area contributed by atoms with Gasteiger partial charge in [-0.05, 0) is 19.3 Å². The topological polar surface area (TPSA) is 64.6 Å². The predicted octanol–water partition coefficient (Wildman–Crippen LogP) is 0.359. The molecule has 0 aromatic heterocycles. The van der Waals surface area contributed by atoms with Crippen molar-refractivity contribution >= 4 is 22.4 Å². The first-order valence-corrected chi connectivity index (χ1v) is 7.35. The average Bonchev–Trinajstić information content (AvgIpc) is 2.22. The first-order chi connectivity index (χ1) is 8.50. The zero-order chi connectivity index (χ0) is 15.0. The van der Waals surface area contributed by atoms with Crippen molar-refractivity contribution in [3.63, 3.8) is 0 Å². The highest BCUT2D eigenvalue weighted by molar-refractivity contribution is 5.98. The van der Waals surface area contributed by atoms with E-state index < -0.39 is 11.8 Å². The van der Waals surface area contributed by atoms with Gasteiger partial charge in [0.2, 0.25) is 5.91 Å². The fourth-order valence-electron chi connectivity index (χ4n) is 3.12. The SMILES string of the molecule is CC(=O)O[C@H]1NC(=O)[C@@H]1C(C(C)(C)C)C(C)(C)O[SiH3]. The molecule has 1 rings (SSSR count). The van der Waals surface area contributed by atoms with Gasteiger partial charge in [-0.15, -0.1) is 0 Å². The van der Waals surface area contributed by atoms with Gasteiger partial charge in [-0.3, -0.25) is 9.59 Å². The molecule has 1 saturated heterocycles. The van der Waals surface area contributed by atoms with Crippen LogP contribution in [-0.4, -0.2) is 34.2 Å². The Bertz CT molecular complexity index is 375. The van der Waals surface area contributed by atoms with E-state index in [4.69, 9.17) is 9.16 Å². The molecule has 1 amide bonds. The van der Waals surface area contributed by atoms with Crippen LogP contribution in [0.4, 0.5) is 0 Å². The maximum absolute atomic E-state index is 11.9. The van der Waals surface area contributed by atoms with Gasteiger partial charge < -0.3 is 14.5 Å². The lowest BCUT2D eigenvalue weighted by Crippen LogP contribution is -2.67. The van der Waals surface area contributed by atoms with Crippen LogP contribution in [0.15, 0.2) is 0 Å². The number of amides is 1. The van der Waals surface area contributed by atoms with Crippen LogP contribution >= 0.6 is 0 Å². The molecule has 1 aliphatic rings. The Balaban J connectivity index is 3.04. The van der Waals surface area contributed by atoms with E-state index in [2.05, 4.69) is 26.1 Å². The van der Waals surface area contributed by atoms with E-state index >= 15 is 0 Å². The van der Waals surface area contributed by atoms with Gasteiger partial charge in [0.25, 0.3) is 0 Å². The average molecular weight is 287 g/mol. The summed E-state index contributed by atoms with van der Waals surface area (Å²) < 4.78 is 10.9. The summed E-state index contributed by atoms with van der Waals surface area (Å²) in [5.74, 6) is -0.839. The number of ether oxygens (including phenoxy) is 1. The molecule has 1 N–H and O–H groups in total. The number of carbonyl (C=O) groups excluding carboxylic acids is 2. The molecule has 0 aliphatic carbocycles. The van der Waals surface area contributed by atoms with Gasteiger partial charge in [0.1, 0.15) is 16.4 Å². The van der Waals surface area contributed by atoms with Gasteiger partial charge in [0, 0.05) is 12.8 Å². The molecule has 110 valence electrons. The second-order valence-electron chi connectivity index (χ2n) is 6.72. The third-order valence-electron chi connectivity index (χ3n) is 3.77.